The number of carbonyl (C=O) groups excluding carboxylic acids is 1. The van der Waals surface area contributed by atoms with Crippen LogP contribution in [0, 0.1) is 6.92 Å². The summed E-state index contributed by atoms with van der Waals surface area (Å²) >= 11 is 0. The number of hydrogen-bond donors (Lipinski definition) is 0. The SMILES string of the molecule is Cc1cnccc1OC1CCN(C(=O)c2ccc(-n3cnc4ccccc43)cc2)CC1. The molecule has 0 saturated carbocycles. The van der Waals surface area contributed by atoms with E-state index in [4.69, 9.17) is 4.74 Å². The number of aryl methyl sites for hydroxylation is 1. The molecule has 1 fully saturated rings. The number of likely N-dealkylation sites (tertiary alicyclic amines) is 1. The Morgan fingerprint density at radius 3 is 2.58 bits per heavy atom. The van der Waals surface area contributed by atoms with E-state index in [9.17, 15) is 4.79 Å². The molecule has 31 heavy (non-hydrogen) atoms. The normalized spacial score (nSPS) is 14.7. The summed E-state index contributed by atoms with van der Waals surface area (Å²) in [5, 5.41) is 0. The van der Waals surface area contributed by atoms with Crippen molar-refractivity contribution >= 4 is 16.9 Å². The molecule has 0 N–H and O–H groups in total. The van der Waals surface area contributed by atoms with Gasteiger partial charge in [-0.1, -0.05) is 12.1 Å². The molecular formula is C25H24N4O2. The maximum Gasteiger partial charge on any atom is 0.253 e. The summed E-state index contributed by atoms with van der Waals surface area (Å²) in [5.74, 6) is 0.947. The van der Waals surface area contributed by atoms with Gasteiger partial charge in [-0.05, 0) is 49.4 Å². The molecule has 4 aromatic rings. The Morgan fingerprint density at radius 1 is 1.03 bits per heavy atom. The van der Waals surface area contributed by atoms with Crippen LogP contribution in [0.25, 0.3) is 16.7 Å². The van der Waals surface area contributed by atoms with Crippen LogP contribution in [0.2, 0.25) is 0 Å². The number of carbonyl (C=O) groups is 1. The molecule has 5 rings (SSSR count). The fourth-order valence-corrected chi connectivity index (χ4v) is 4.06. The maximum absolute atomic E-state index is 13.0. The highest BCUT2D eigenvalue weighted by Crippen LogP contribution is 2.23. The van der Waals surface area contributed by atoms with Crippen LogP contribution >= 0.6 is 0 Å². The molecule has 6 heteroatoms. The topological polar surface area (TPSA) is 60.2 Å². The average Bonchev–Trinajstić information content (AvgIpc) is 3.25. The molecule has 1 saturated heterocycles. The van der Waals surface area contributed by atoms with E-state index in [1.54, 1.807) is 6.20 Å². The number of piperidine rings is 1. The Labute approximate surface area is 181 Å². The lowest BCUT2D eigenvalue weighted by Crippen LogP contribution is -2.41. The zero-order valence-electron chi connectivity index (χ0n) is 17.4. The first-order valence-corrected chi connectivity index (χ1v) is 10.6. The number of fused-ring (bicyclic) bond motifs is 1. The van der Waals surface area contributed by atoms with Crippen LogP contribution in [-0.4, -0.2) is 44.5 Å². The molecule has 0 spiro atoms. The van der Waals surface area contributed by atoms with Crippen molar-refractivity contribution in [2.45, 2.75) is 25.9 Å². The number of hydrogen-bond acceptors (Lipinski definition) is 4. The van der Waals surface area contributed by atoms with Crippen LogP contribution in [0.4, 0.5) is 0 Å². The molecule has 1 aliphatic heterocycles. The van der Waals surface area contributed by atoms with Crippen molar-refractivity contribution in [1.29, 1.82) is 0 Å². The number of rotatable bonds is 4. The van der Waals surface area contributed by atoms with Gasteiger partial charge in [0.25, 0.3) is 5.91 Å². The summed E-state index contributed by atoms with van der Waals surface area (Å²) in [4.78, 5) is 23.5. The summed E-state index contributed by atoms with van der Waals surface area (Å²) in [6, 6.07) is 17.7. The molecule has 0 bridgehead atoms. The summed E-state index contributed by atoms with van der Waals surface area (Å²) in [6.45, 7) is 3.39. The Bertz CT molecular complexity index is 1210. The van der Waals surface area contributed by atoms with E-state index in [2.05, 4.69) is 9.97 Å². The highest BCUT2D eigenvalue weighted by Gasteiger charge is 2.25. The molecule has 2 aromatic heterocycles. The van der Waals surface area contributed by atoms with E-state index in [1.807, 2.05) is 83.5 Å². The minimum Gasteiger partial charge on any atom is -0.490 e. The summed E-state index contributed by atoms with van der Waals surface area (Å²) in [5.41, 5.74) is 4.73. The number of nitrogens with zero attached hydrogens (tertiary/aromatic N) is 4. The fourth-order valence-electron chi connectivity index (χ4n) is 4.06. The maximum atomic E-state index is 13.0. The molecule has 0 radical (unpaired) electrons. The highest BCUT2D eigenvalue weighted by atomic mass is 16.5. The lowest BCUT2D eigenvalue weighted by atomic mass is 10.1. The number of para-hydroxylation sites is 2. The third-order valence-corrected chi connectivity index (χ3v) is 5.84. The Hall–Kier alpha value is -3.67. The summed E-state index contributed by atoms with van der Waals surface area (Å²) in [6.07, 6.45) is 7.15. The largest absolute Gasteiger partial charge is 0.490 e. The van der Waals surface area contributed by atoms with E-state index in [0.29, 0.717) is 18.7 Å². The summed E-state index contributed by atoms with van der Waals surface area (Å²) < 4.78 is 8.16. The Balaban J connectivity index is 1.23. The van der Waals surface area contributed by atoms with Gasteiger partial charge in [0.15, 0.2) is 0 Å². The average molecular weight is 412 g/mol. The van der Waals surface area contributed by atoms with Gasteiger partial charge in [-0.25, -0.2) is 4.98 Å². The summed E-state index contributed by atoms with van der Waals surface area (Å²) in [7, 11) is 0. The number of pyridine rings is 1. The minimum absolute atomic E-state index is 0.0700. The van der Waals surface area contributed by atoms with E-state index in [-0.39, 0.29) is 12.0 Å². The third kappa shape index (κ3) is 3.89. The van der Waals surface area contributed by atoms with Crippen molar-refractivity contribution in [3.05, 3.63) is 84.4 Å². The molecule has 0 unspecified atom stereocenters. The van der Waals surface area contributed by atoms with Gasteiger partial charge in [-0.15, -0.1) is 0 Å². The monoisotopic (exact) mass is 412 g/mol. The highest BCUT2D eigenvalue weighted by molar-refractivity contribution is 5.94. The smallest absolute Gasteiger partial charge is 0.253 e. The number of amides is 1. The van der Waals surface area contributed by atoms with E-state index < -0.39 is 0 Å². The van der Waals surface area contributed by atoms with Gasteiger partial charge in [0.1, 0.15) is 18.2 Å². The first kappa shape index (κ1) is 19.3. The molecular weight excluding hydrogens is 388 g/mol. The van der Waals surface area contributed by atoms with Crippen molar-refractivity contribution in [3.63, 3.8) is 0 Å². The van der Waals surface area contributed by atoms with Gasteiger partial charge in [0.2, 0.25) is 0 Å². The van der Waals surface area contributed by atoms with Crippen LogP contribution in [0.1, 0.15) is 28.8 Å². The molecule has 1 amide bonds. The predicted molar refractivity (Wildman–Crippen MR) is 120 cm³/mol. The second kappa shape index (κ2) is 8.22. The molecule has 1 aliphatic rings. The second-order valence-corrected chi connectivity index (χ2v) is 7.90. The van der Waals surface area contributed by atoms with Crippen LogP contribution in [0.3, 0.4) is 0 Å². The first-order valence-electron chi connectivity index (χ1n) is 10.6. The van der Waals surface area contributed by atoms with Crippen molar-refractivity contribution in [1.82, 2.24) is 19.4 Å². The molecule has 3 heterocycles. The van der Waals surface area contributed by atoms with Gasteiger partial charge in [-0.3, -0.25) is 14.3 Å². The molecule has 2 aromatic carbocycles. The van der Waals surface area contributed by atoms with Crippen molar-refractivity contribution in [2.75, 3.05) is 13.1 Å². The van der Waals surface area contributed by atoms with Gasteiger partial charge in [0, 0.05) is 55.1 Å². The van der Waals surface area contributed by atoms with Gasteiger partial charge < -0.3 is 9.64 Å². The standard InChI is InChI=1S/C25H24N4O2/c1-18-16-26-13-10-24(18)31-21-11-14-28(15-12-21)25(30)19-6-8-20(9-7-19)29-17-27-22-4-2-3-5-23(22)29/h2-10,13,16-17,21H,11-12,14-15H2,1H3. The van der Waals surface area contributed by atoms with Crippen LogP contribution in [-0.2, 0) is 0 Å². The van der Waals surface area contributed by atoms with E-state index in [0.717, 1.165) is 40.9 Å². The lowest BCUT2D eigenvalue weighted by Gasteiger charge is -2.32. The van der Waals surface area contributed by atoms with Gasteiger partial charge in [0.05, 0.1) is 11.0 Å². The molecule has 0 atom stereocenters. The first-order chi connectivity index (χ1) is 15.2. The lowest BCUT2D eigenvalue weighted by molar-refractivity contribution is 0.0594. The third-order valence-electron chi connectivity index (χ3n) is 5.84. The van der Waals surface area contributed by atoms with Crippen molar-refractivity contribution < 1.29 is 9.53 Å². The quantitative estimate of drug-likeness (QED) is 0.498. The fraction of sp³-hybridized carbons (Fsp3) is 0.240. The van der Waals surface area contributed by atoms with Crippen LogP contribution in [0.5, 0.6) is 5.75 Å². The predicted octanol–water partition coefficient (Wildman–Crippen LogP) is 4.41. The minimum atomic E-state index is 0.0700. The van der Waals surface area contributed by atoms with Crippen molar-refractivity contribution in [3.8, 4) is 11.4 Å². The Morgan fingerprint density at radius 2 is 1.81 bits per heavy atom. The zero-order valence-corrected chi connectivity index (χ0v) is 17.4. The molecule has 156 valence electrons. The van der Waals surface area contributed by atoms with E-state index >= 15 is 0 Å². The Kier molecular flexibility index (Phi) is 5.12. The van der Waals surface area contributed by atoms with Gasteiger partial charge in [-0.2, -0.15) is 0 Å². The molecule has 0 aliphatic carbocycles. The van der Waals surface area contributed by atoms with Crippen LogP contribution < -0.4 is 4.74 Å². The number of benzene rings is 2. The zero-order chi connectivity index (χ0) is 21.2. The van der Waals surface area contributed by atoms with Crippen molar-refractivity contribution in [2.24, 2.45) is 0 Å². The molecule has 6 nitrogen and oxygen atoms in total. The number of aromatic nitrogens is 3. The van der Waals surface area contributed by atoms with Crippen LogP contribution in [0.15, 0.2) is 73.3 Å². The number of imidazole rings is 1. The second-order valence-electron chi connectivity index (χ2n) is 7.90. The van der Waals surface area contributed by atoms with E-state index in [1.165, 1.54) is 0 Å². The van der Waals surface area contributed by atoms with Gasteiger partial charge >= 0.3 is 0 Å². The number of ether oxygens (including phenoxy) is 1.